The van der Waals surface area contributed by atoms with Crippen LogP contribution in [0.15, 0.2) is 24.3 Å². The van der Waals surface area contributed by atoms with Crippen molar-refractivity contribution in [3.8, 4) is 5.75 Å². The van der Waals surface area contributed by atoms with Gasteiger partial charge in [-0.1, -0.05) is 12.1 Å². The lowest BCUT2D eigenvalue weighted by molar-refractivity contribution is -0.138. The number of amides is 4. The molecular weight excluding hydrogens is 298 g/mol. The molecule has 1 saturated heterocycles. The van der Waals surface area contributed by atoms with Gasteiger partial charge in [0.15, 0.2) is 0 Å². The summed E-state index contributed by atoms with van der Waals surface area (Å²) in [5, 5.41) is 3.19. The van der Waals surface area contributed by atoms with Crippen molar-refractivity contribution in [2.24, 2.45) is 0 Å². The molecule has 1 aliphatic rings. The number of benzene rings is 1. The predicted octanol–water partition coefficient (Wildman–Crippen LogP) is 0.732. The van der Waals surface area contributed by atoms with Crippen LogP contribution in [-0.2, 0) is 15.1 Å². The normalized spacial score (nSPS) is 21.2. The van der Waals surface area contributed by atoms with Crippen LogP contribution in [0.25, 0.3) is 0 Å². The minimum Gasteiger partial charge on any atom is -0.497 e. The first-order chi connectivity index (χ1) is 9.92. The highest BCUT2D eigenvalue weighted by atomic mass is 35.5. The molecule has 0 spiro atoms. The summed E-state index contributed by atoms with van der Waals surface area (Å²) < 4.78 is 5.05. The number of carbonyl (C=O) groups excluding carboxylic acids is 3. The largest absolute Gasteiger partial charge is 0.497 e. The summed E-state index contributed by atoms with van der Waals surface area (Å²) >= 11 is 5.35. The Morgan fingerprint density at radius 2 is 2.00 bits per heavy atom. The minimum atomic E-state index is -1.26. The molecule has 4 amide bonds. The number of nitrogens with one attached hydrogen (secondary N) is 2. The highest BCUT2D eigenvalue weighted by molar-refractivity contribution is 6.27. The van der Waals surface area contributed by atoms with Gasteiger partial charge in [0.1, 0.15) is 17.2 Å². The van der Waals surface area contributed by atoms with E-state index in [9.17, 15) is 14.4 Å². The molecule has 1 atom stereocenters. The Balaban J connectivity index is 2.28. The Morgan fingerprint density at radius 3 is 2.52 bits per heavy atom. The highest BCUT2D eigenvalue weighted by Gasteiger charge is 2.49. The van der Waals surface area contributed by atoms with Gasteiger partial charge < -0.3 is 10.1 Å². The number of urea groups is 1. The van der Waals surface area contributed by atoms with E-state index >= 15 is 0 Å². The van der Waals surface area contributed by atoms with Gasteiger partial charge >= 0.3 is 6.03 Å². The SMILES string of the molecule is COc1ccc([C@@]2(C)NC(=O)N(NC(=O)CCl)C2=O)cc1. The first kappa shape index (κ1) is 15.1. The lowest BCUT2D eigenvalue weighted by Gasteiger charge is -2.22. The number of hydrogen-bond donors (Lipinski definition) is 2. The molecule has 2 N–H and O–H groups in total. The molecule has 0 aromatic heterocycles. The topological polar surface area (TPSA) is 87.7 Å². The fraction of sp³-hybridized carbons (Fsp3) is 0.308. The number of rotatable bonds is 4. The molecule has 2 rings (SSSR count). The number of halogens is 1. The van der Waals surface area contributed by atoms with Gasteiger partial charge in [-0.2, -0.15) is 5.01 Å². The Hall–Kier alpha value is -2.28. The van der Waals surface area contributed by atoms with E-state index in [-0.39, 0.29) is 5.88 Å². The zero-order valence-corrected chi connectivity index (χ0v) is 12.2. The van der Waals surface area contributed by atoms with E-state index in [1.54, 1.807) is 31.2 Å². The van der Waals surface area contributed by atoms with Crippen molar-refractivity contribution < 1.29 is 19.1 Å². The number of hydrogen-bond acceptors (Lipinski definition) is 4. The lowest BCUT2D eigenvalue weighted by atomic mass is 9.92. The Kier molecular flexibility index (Phi) is 4.04. The van der Waals surface area contributed by atoms with Crippen LogP contribution < -0.4 is 15.5 Å². The fourth-order valence-electron chi connectivity index (χ4n) is 2.02. The van der Waals surface area contributed by atoms with Crippen LogP contribution in [0.3, 0.4) is 0 Å². The van der Waals surface area contributed by atoms with Gasteiger partial charge in [0, 0.05) is 0 Å². The van der Waals surface area contributed by atoms with E-state index in [4.69, 9.17) is 16.3 Å². The van der Waals surface area contributed by atoms with E-state index in [1.165, 1.54) is 7.11 Å². The molecule has 1 fully saturated rings. The van der Waals surface area contributed by atoms with E-state index < -0.39 is 23.4 Å². The minimum absolute atomic E-state index is 0.351. The molecule has 1 aliphatic heterocycles. The number of nitrogens with zero attached hydrogens (tertiary/aromatic N) is 1. The van der Waals surface area contributed by atoms with Crippen molar-refractivity contribution in [3.05, 3.63) is 29.8 Å². The van der Waals surface area contributed by atoms with Gasteiger partial charge in [-0.05, 0) is 24.6 Å². The van der Waals surface area contributed by atoms with Crippen LogP contribution >= 0.6 is 11.6 Å². The van der Waals surface area contributed by atoms with Crippen molar-refractivity contribution in [1.82, 2.24) is 15.8 Å². The van der Waals surface area contributed by atoms with Crippen LogP contribution in [0, 0.1) is 0 Å². The Labute approximate surface area is 126 Å². The van der Waals surface area contributed by atoms with Gasteiger partial charge in [0.05, 0.1) is 7.11 Å². The van der Waals surface area contributed by atoms with E-state index in [0.717, 1.165) is 0 Å². The van der Waals surface area contributed by atoms with Gasteiger partial charge in [-0.3, -0.25) is 15.0 Å². The molecule has 1 aromatic carbocycles. The average molecular weight is 312 g/mol. The molecule has 0 aliphatic carbocycles. The van der Waals surface area contributed by atoms with Gasteiger partial charge in [-0.25, -0.2) is 4.79 Å². The first-order valence-electron chi connectivity index (χ1n) is 6.09. The van der Waals surface area contributed by atoms with Crippen molar-refractivity contribution in [2.75, 3.05) is 13.0 Å². The predicted molar refractivity (Wildman–Crippen MR) is 74.6 cm³/mol. The molecular formula is C13H14ClN3O4. The van der Waals surface area contributed by atoms with Crippen LogP contribution in [0.4, 0.5) is 4.79 Å². The van der Waals surface area contributed by atoms with Gasteiger partial charge in [0.25, 0.3) is 11.8 Å². The van der Waals surface area contributed by atoms with E-state index in [2.05, 4.69) is 10.7 Å². The van der Waals surface area contributed by atoms with Crippen LogP contribution in [0.1, 0.15) is 12.5 Å². The third-order valence-electron chi connectivity index (χ3n) is 3.22. The molecule has 0 bridgehead atoms. The van der Waals surface area contributed by atoms with Crippen LogP contribution in [0.2, 0.25) is 0 Å². The number of carbonyl (C=O) groups is 3. The van der Waals surface area contributed by atoms with Crippen molar-refractivity contribution in [2.45, 2.75) is 12.5 Å². The second kappa shape index (κ2) is 5.61. The maximum absolute atomic E-state index is 12.4. The molecule has 0 radical (unpaired) electrons. The molecule has 1 aromatic rings. The highest BCUT2D eigenvalue weighted by Crippen LogP contribution is 2.29. The lowest BCUT2D eigenvalue weighted by Crippen LogP contribution is -2.48. The zero-order valence-electron chi connectivity index (χ0n) is 11.5. The summed E-state index contributed by atoms with van der Waals surface area (Å²) in [5.41, 5.74) is 1.46. The van der Waals surface area contributed by atoms with Crippen LogP contribution in [-0.4, -0.2) is 35.8 Å². The molecule has 1 heterocycles. The van der Waals surface area contributed by atoms with Gasteiger partial charge in [0.2, 0.25) is 0 Å². The summed E-state index contributed by atoms with van der Waals surface area (Å²) in [6.45, 7) is 1.56. The van der Waals surface area contributed by atoms with E-state index in [0.29, 0.717) is 16.3 Å². The van der Waals surface area contributed by atoms with Crippen LogP contribution in [0.5, 0.6) is 5.75 Å². The zero-order chi connectivity index (χ0) is 15.6. The first-order valence-corrected chi connectivity index (χ1v) is 6.62. The van der Waals surface area contributed by atoms with Crippen molar-refractivity contribution in [3.63, 3.8) is 0 Å². The molecule has 112 valence electrons. The third-order valence-corrected chi connectivity index (χ3v) is 3.46. The molecule has 0 unspecified atom stereocenters. The molecule has 21 heavy (non-hydrogen) atoms. The maximum atomic E-state index is 12.4. The smallest absolute Gasteiger partial charge is 0.344 e. The maximum Gasteiger partial charge on any atom is 0.344 e. The summed E-state index contributed by atoms with van der Waals surface area (Å²) in [4.78, 5) is 35.5. The number of methoxy groups -OCH3 is 1. The second-order valence-corrected chi connectivity index (χ2v) is 4.86. The number of hydrazine groups is 1. The quantitative estimate of drug-likeness (QED) is 0.634. The molecule has 0 saturated carbocycles. The summed E-state index contributed by atoms with van der Waals surface area (Å²) in [7, 11) is 1.53. The molecule has 7 nitrogen and oxygen atoms in total. The fourth-order valence-corrected chi connectivity index (χ4v) is 2.07. The Morgan fingerprint density at radius 1 is 1.38 bits per heavy atom. The molecule has 8 heteroatoms. The summed E-state index contributed by atoms with van der Waals surface area (Å²) in [6.07, 6.45) is 0. The Bertz CT molecular complexity index is 590. The standard InChI is InChI=1S/C13H14ClN3O4/c1-13(8-3-5-9(21-2)6-4-8)11(19)17(12(20)15-13)16-10(18)7-14/h3-6H,7H2,1-2H3,(H,15,20)(H,16,18)/t13-/m1/s1. The number of ether oxygens (including phenoxy) is 1. The van der Waals surface area contributed by atoms with Gasteiger partial charge in [-0.15, -0.1) is 11.6 Å². The van der Waals surface area contributed by atoms with Crippen molar-refractivity contribution >= 4 is 29.4 Å². The monoisotopic (exact) mass is 311 g/mol. The van der Waals surface area contributed by atoms with Crippen molar-refractivity contribution in [1.29, 1.82) is 0 Å². The number of alkyl halides is 1. The summed E-state index contributed by atoms with van der Waals surface area (Å²) in [6, 6.07) is 5.99. The third kappa shape index (κ3) is 2.64. The summed E-state index contributed by atoms with van der Waals surface area (Å²) in [5.74, 6) is -0.947. The van der Waals surface area contributed by atoms with E-state index in [1.807, 2.05) is 0 Å². The number of imide groups is 1. The average Bonchev–Trinajstić information content (AvgIpc) is 2.71. The second-order valence-electron chi connectivity index (χ2n) is 4.59.